The Bertz CT molecular complexity index is 866. The predicted molar refractivity (Wildman–Crippen MR) is 112 cm³/mol. The molecule has 1 fully saturated rings. The number of aliphatic carboxylic acids is 1. The molecule has 0 spiro atoms. The molecule has 29 heavy (non-hydrogen) atoms. The van der Waals surface area contributed by atoms with Crippen molar-refractivity contribution >= 4 is 29.2 Å². The van der Waals surface area contributed by atoms with Crippen LogP contribution in [0, 0.1) is 11.8 Å². The fraction of sp³-hybridized carbons (Fsp3) is 0.348. The highest BCUT2D eigenvalue weighted by Gasteiger charge is 2.35. The van der Waals surface area contributed by atoms with E-state index in [9.17, 15) is 19.5 Å². The zero-order valence-corrected chi connectivity index (χ0v) is 16.3. The number of anilines is 2. The Morgan fingerprint density at radius 1 is 0.862 bits per heavy atom. The number of carboxylic acids is 1. The van der Waals surface area contributed by atoms with Crippen molar-refractivity contribution in [3.05, 3.63) is 60.2 Å². The zero-order chi connectivity index (χ0) is 20.6. The SMILES string of the molecule is O=C(CCc1ccccc1)Nc1cccc(NC(=O)C2CCCCC2C(=O)O)c1. The number of benzene rings is 2. The molecule has 1 aliphatic carbocycles. The smallest absolute Gasteiger partial charge is 0.307 e. The van der Waals surface area contributed by atoms with E-state index in [1.807, 2.05) is 30.3 Å². The number of hydrogen-bond acceptors (Lipinski definition) is 3. The van der Waals surface area contributed by atoms with Gasteiger partial charge in [0.25, 0.3) is 0 Å². The molecule has 3 rings (SSSR count). The maximum atomic E-state index is 12.6. The number of nitrogens with one attached hydrogen (secondary N) is 2. The van der Waals surface area contributed by atoms with Gasteiger partial charge in [-0.15, -0.1) is 0 Å². The minimum Gasteiger partial charge on any atom is -0.481 e. The second-order valence-corrected chi connectivity index (χ2v) is 7.44. The molecule has 2 aromatic rings. The standard InChI is InChI=1S/C23H26N2O4/c26-21(14-13-16-7-2-1-3-8-16)24-17-9-6-10-18(15-17)25-22(27)19-11-4-5-12-20(19)23(28)29/h1-3,6-10,15,19-20H,4-5,11-14H2,(H,24,26)(H,25,27)(H,28,29). The molecular weight excluding hydrogens is 368 g/mol. The number of aryl methyl sites for hydroxylation is 1. The van der Waals surface area contributed by atoms with Gasteiger partial charge in [0.05, 0.1) is 11.8 Å². The number of amides is 2. The van der Waals surface area contributed by atoms with Gasteiger partial charge in [0.15, 0.2) is 0 Å². The van der Waals surface area contributed by atoms with Crippen LogP contribution < -0.4 is 10.6 Å². The molecule has 6 nitrogen and oxygen atoms in total. The third-order valence-electron chi connectivity index (χ3n) is 5.32. The average Bonchev–Trinajstić information content (AvgIpc) is 2.73. The highest BCUT2D eigenvalue weighted by Crippen LogP contribution is 2.31. The highest BCUT2D eigenvalue weighted by molar-refractivity contribution is 5.96. The monoisotopic (exact) mass is 394 g/mol. The van der Waals surface area contributed by atoms with Gasteiger partial charge in [-0.2, -0.15) is 0 Å². The van der Waals surface area contributed by atoms with Crippen molar-refractivity contribution in [3.8, 4) is 0 Å². The van der Waals surface area contributed by atoms with E-state index in [0.717, 1.165) is 18.4 Å². The minimum atomic E-state index is -0.913. The molecule has 0 saturated heterocycles. The van der Waals surface area contributed by atoms with Crippen molar-refractivity contribution in [3.63, 3.8) is 0 Å². The predicted octanol–water partition coefficient (Wildman–Crippen LogP) is 4.09. The molecule has 0 aliphatic heterocycles. The Labute approximate surface area is 170 Å². The molecule has 152 valence electrons. The summed E-state index contributed by atoms with van der Waals surface area (Å²) in [6, 6.07) is 16.7. The van der Waals surface area contributed by atoms with Crippen LogP contribution in [0.15, 0.2) is 54.6 Å². The molecule has 0 aromatic heterocycles. The summed E-state index contributed by atoms with van der Waals surface area (Å²) in [4.78, 5) is 36.3. The molecule has 1 saturated carbocycles. The van der Waals surface area contributed by atoms with Gasteiger partial charge in [0.1, 0.15) is 0 Å². The Balaban J connectivity index is 1.56. The Kier molecular flexibility index (Phi) is 7.00. The fourth-order valence-corrected chi connectivity index (χ4v) is 3.78. The van der Waals surface area contributed by atoms with Gasteiger partial charge in [0, 0.05) is 17.8 Å². The minimum absolute atomic E-state index is 0.101. The van der Waals surface area contributed by atoms with Crippen molar-refractivity contribution in [2.45, 2.75) is 38.5 Å². The molecule has 0 heterocycles. The van der Waals surface area contributed by atoms with E-state index in [2.05, 4.69) is 10.6 Å². The van der Waals surface area contributed by atoms with E-state index >= 15 is 0 Å². The normalized spacial score (nSPS) is 18.6. The van der Waals surface area contributed by atoms with E-state index < -0.39 is 17.8 Å². The molecule has 2 atom stereocenters. The number of hydrogen-bond donors (Lipinski definition) is 3. The molecule has 1 aliphatic rings. The van der Waals surface area contributed by atoms with E-state index in [1.165, 1.54) is 0 Å². The summed E-state index contributed by atoms with van der Waals surface area (Å²) in [7, 11) is 0. The topological polar surface area (TPSA) is 95.5 Å². The van der Waals surface area contributed by atoms with Crippen LogP contribution in [0.3, 0.4) is 0 Å². The highest BCUT2D eigenvalue weighted by atomic mass is 16.4. The van der Waals surface area contributed by atoms with Crippen molar-refractivity contribution in [2.24, 2.45) is 11.8 Å². The third-order valence-corrected chi connectivity index (χ3v) is 5.32. The molecular formula is C23H26N2O4. The third kappa shape index (κ3) is 5.91. The van der Waals surface area contributed by atoms with E-state index in [0.29, 0.717) is 37.1 Å². The van der Waals surface area contributed by atoms with E-state index in [-0.39, 0.29) is 11.8 Å². The number of rotatable bonds is 7. The fourth-order valence-electron chi connectivity index (χ4n) is 3.78. The van der Waals surface area contributed by atoms with Crippen LogP contribution in [-0.2, 0) is 20.8 Å². The molecule has 3 N–H and O–H groups in total. The van der Waals surface area contributed by atoms with Crippen molar-refractivity contribution < 1.29 is 19.5 Å². The summed E-state index contributed by atoms with van der Waals surface area (Å²) in [5.74, 6) is -2.44. The second kappa shape index (κ2) is 9.87. The summed E-state index contributed by atoms with van der Waals surface area (Å²) in [6.07, 6.45) is 3.83. The van der Waals surface area contributed by atoms with Gasteiger partial charge < -0.3 is 15.7 Å². The van der Waals surface area contributed by atoms with Crippen LogP contribution in [0.1, 0.15) is 37.7 Å². The largest absolute Gasteiger partial charge is 0.481 e. The number of carbonyl (C=O) groups is 3. The lowest BCUT2D eigenvalue weighted by atomic mass is 9.78. The quantitative estimate of drug-likeness (QED) is 0.659. The van der Waals surface area contributed by atoms with Gasteiger partial charge in [-0.25, -0.2) is 0 Å². The van der Waals surface area contributed by atoms with Crippen LogP contribution in [0.4, 0.5) is 11.4 Å². The van der Waals surface area contributed by atoms with Crippen LogP contribution in [0.25, 0.3) is 0 Å². The molecule has 0 radical (unpaired) electrons. The van der Waals surface area contributed by atoms with Gasteiger partial charge in [0.2, 0.25) is 11.8 Å². The summed E-state index contributed by atoms with van der Waals surface area (Å²) < 4.78 is 0. The molecule has 2 aromatic carbocycles. The summed E-state index contributed by atoms with van der Waals surface area (Å²) in [6.45, 7) is 0. The van der Waals surface area contributed by atoms with Crippen LogP contribution >= 0.6 is 0 Å². The van der Waals surface area contributed by atoms with Crippen molar-refractivity contribution in [1.82, 2.24) is 0 Å². The van der Waals surface area contributed by atoms with Crippen molar-refractivity contribution in [2.75, 3.05) is 10.6 Å². The maximum absolute atomic E-state index is 12.6. The van der Waals surface area contributed by atoms with Crippen molar-refractivity contribution in [1.29, 1.82) is 0 Å². The average molecular weight is 394 g/mol. The molecule has 2 amide bonds. The van der Waals surface area contributed by atoms with Gasteiger partial charge in [-0.05, 0) is 43.0 Å². The van der Waals surface area contributed by atoms with Crippen LogP contribution in [0.2, 0.25) is 0 Å². The summed E-state index contributed by atoms with van der Waals surface area (Å²) in [5, 5.41) is 15.0. The molecule has 6 heteroatoms. The maximum Gasteiger partial charge on any atom is 0.307 e. The Hall–Kier alpha value is -3.15. The Morgan fingerprint density at radius 3 is 2.21 bits per heavy atom. The van der Waals surface area contributed by atoms with E-state index in [4.69, 9.17) is 0 Å². The lowest BCUT2D eigenvalue weighted by molar-refractivity contribution is -0.147. The van der Waals surface area contributed by atoms with Gasteiger partial charge in [-0.3, -0.25) is 14.4 Å². The summed E-state index contributed by atoms with van der Waals surface area (Å²) >= 11 is 0. The number of carbonyl (C=O) groups excluding carboxylic acids is 2. The first kappa shape index (κ1) is 20.6. The first-order valence-corrected chi connectivity index (χ1v) is 10.0. The Morgan fingerprint density at radius 2 is 1.52 bits per heavy atom. The zero-order valence-electron chi connectivity index (χ0n) is 16.3. The van der Waals surface area contributed by atoms with Crippen LogP contribution in [0.5, 0.6) is 0 Å². The molecule has 2 unspecified atom stereocenters. The molecule has 0 bridgehead atoms. The van der Waals surface area contributed by atoms with E-state index in [1.54, 1.807) is 24.3 Å². The van der Waals surface area contributed by atoms with Crippen LogP contribution in [-0.4, -0.2) is 22.9 Å². The van der Waals surface area contributed by atoms with Gasteiger partial charge >= 0.3 is 5.97 Å². The lowest BCUT2D eigenvalue weighted by Gasteiger charge is -2.27. The first-order chi connectivity index (χ1) is 14.0. The first-order valence-electron chi connectivity index (χ1n) is 10.0. The summed E-state index contributed by atoms with van der Waals surface area (Å²) in [5.41, 5.74) is 2.24. The van der Waals surface area contributed by atoms with Gasteiger partial charge in [-0.1, -0.05) is 49.2 Å². The number of carboxylic acid groups (broad SMARTS) is 1. The second-order valence-electron chi connectivity index (χ2n) is 7.44. The lowest BCUT2D eigenvalue weighted by Crippen LogP contribution is -2.36.